The van der Waals surface area contributed by atoms with E-state index in [4.69, 9.17) is 21.1 Å². The molecule has 7 heteroatoms. The summed E-state index contributed by atoms with van der Waals surface area (Å²) in [5.74, 6) is -0.470. The van der Waals surface area contributed by atoms with Crippen molar-refractivity contribution in [2.45, 2.75) is 39.7 Å². The Morgan fingerprint density at radius 1 is 1.00 bits per heavy atom. The zero-order chi connectivity index (χ0) is 23.3. The Labute approximate surface area is 193 Å². The van der Waals surface area contributed by atoms with E-state index in [0.717, 1.165) is 6.42 Å². The van der Waals surface area contributed by atoms with E-state index in [1.807, 2.05) is 32.9 Å². The predicted molar refractivity (Wildman–Crippen MR) is 124 cm³/mol. The molecule has 1 N–H and O–H groups in total. The lowest BCUT2D eigenvalue weighted by Gasteiger charge is -2.25. The molecular weight excluding hydrogens is 430 g/mol. The molecule has 0 spiro atoms. The van der Waals surface area contributed by atoms with Gasteiger partial charge in [-0.2, -0.15) is 0 Å². The summed E-state index contributed by atoms with van der Waals surface area (Å²) in [5.41, 5.74) is 0.973. The van der Waals surface area contributed by atoms with Crippen LogP contribution in [-0.4, -0.2) is 41.5 Å². The smallest absolute Gasteiger partial charge is 0.295 e. The molecule has 1 amide bonds. The molecule has 0 aromatic heterocycles. The van der Waals surface area contributed by atoms with Crippen LogP contribution in [0.15, 0.2) is 48.0 Å². The highest BCUT2D eigenvalue weighted by Gasteiger charge is 2.45. The van der Waals surface area contributed by atoms with E-state index in [-0.39, 0.29) is 21.9 Å². The third-order valence-corrected chi connectivity index (χ3v) is 5.51. The number of rotatable bonds is 9. The van der Waals surface area contributed by atoms with Gasteiger partial charge in [-0.25, -0.2) is 0 Å². The van der Waals surface area contributed by atoms with E-state index >= 15 is 0 Å². The van der Waals surface area contributed by atoms with Gasteiger partial charge in [-0.3, -0.25) is 9.59 Å². The van der Waals surface area contributed by atoms with E-state index in [0.29, 0.717) is 43.2 Å². The highest BCUT2D eigenvalue weighted by atomic mass is 35.5. The summed E-state index contributed by atoms with van der Waals surface area (Å²) in [6, 6.07) is 11.4. The van der Waals surface area contributed by atoms with Crippen LogP contribution in [0.4, 0.5) is 0 Å². The van der Waals surface area contributed by atoms with Crippen molar-refractivity contribution >= 4 is 29.1 Å². The molecule has 0 aliphatic carbocycles. The number of nitrogens with zero attached hydrogens (tertiary/aromatic N) is 1. The second-order valence-corrected chi connectivity index (χ2v) is 7.89. The summed E-state index contributed by atoms with van der Waals surface area (Å²) in [5, 5.41) is 11.4. The molecule has 2 aromatic carbocycles. The molecule has 3 rings (SSSR count). The van der Waals surface area contributed by atoms with Crippen molar-refractivity contribution < 1.29 is 24.2 Å². The maximum Gasteiger partial charge on any atom is 0.295 e. The minimum Gasteiger partial charge on any atom is -0.507 e. The zero-order valence-electron chi connectivity index (χ0n) is 18.6. The molecule has 0 bridgehead atoms. The number of likely N-dealkylation sites (tertiary alicyclic amines) is 1. The zero-order valence-corrected chi connectivity index (χ0v) is 19.3. The monoisotopic (exact) mass is 457 g/mol. The molecule has 1 fully saturated rings. The van der Waals surface area contributed by atoms with Crippen LogP contribution in [-0.2, 0) is 9.59 Å². The summed E-state index contributed by atoms with van der Waals surface area (Å²) in [6.07, 6.45) is 1.56. The molecule has 1 atom stereocenters. The minimum absolute atomic E-state index is 0.0150. The van der Waals surface area contributed by atoms with Crippen molar-refractivity contribution in [2.24, 2.45) is 0 Å². The Kier molecular flexibility index (Phi) is 7.80. The molecule has 1 heterocycles. The van der Waals surface area contributed by atoms with Crippen LogP contribution in [0.5, 0.6) is 11.5 Å². The van der Waals surface area contributed by atoms with E-state index in [1.165, 1.54) is 4.90 Å². The lowest BCUT2D eigenvalue weighted by molar-refractivity contribution is -0.139. The van der Waals surface area contributed by atoms with Gasteiger partial charge >= 0.3 is 0 Å². The Morgan fingerprint density at radius 3 is 2.31 bits per heavy atom. The van der Waals surface area contributed by atoms with Gasteiger partial charge in [-0.15, -0.1) is 0 Å². The molecule has 2 aromatic rings. The molecule has 6 nitrogen and oxygen atoms in total. The second-order valence-electron chi connectivity index (χ2n) is 7.48. The number of carbonyl (C=O) groups is 2. The standard InChI is InChI=1S/C25H28ClNO5/c1-4-13-27-22(16-7-9-17(10-8-16)32-14-5-2)21(24(29)25(27)30)23(28)19-15-18(31-6-3)11-12-20(19)26/h7-12,15,22,28H,4-6,13-14H2,1-3H3/b23-21+. The average molecular weight is 458 g/mol. The first-order valence-corrected chi connectivity index (χ1v) is 11.2. The number of amides is 1. The van der Waals surface area contributed by atoms with Crippen LogP contribution < -0.4 is 9.47 Å². The first-order valence-electron chi connectivity index (χ1n) is 10.9. The molecule has 1 aliphatic heterocycles. The van der Waals surface area contributed by atoms with Crippen molar-refractivity contribution in [3.63, 3.8) is 0 Å². The lowest BCUT2D eigenvalue weighted by Crippen LogP contribution is -2.30. The van der Waals surface area contributed by atoms with Crippen LogP contribution in [0.3, 0.4) is 0 Å². The number of ether oxygens (including phenoxy) is 2. The third kappa shape index (κ3) is 4.75. The normalized spacial score (nSPS) is 17.6. The third-order valence-electron chi connectivity index (χ3n) is 5.18. The maximum absolute atomic E-state index is 13.0. The fraction of sp³-hybridized carbons (Fsp3) is 0.360. The Bertz CT molecular complexity index is 1020. The number of ketones is 1. The molecule has 32 heavy (non-hydrogen) atoms. The molecule has 170 valence electrons. The van der Waals surface area contributed by atoms with Crippen molar-refractivity contribution in [3.05, 3.63) is 64.2 Å². The maximum atomic E-state index is 13.0. The first-order chi connectivity index (χ1) is 15.4. The van der Waals surface area contributed by atoms with Crippen LogP contribution >= 0.6 is 11.6 Å². The van der Waals surface area contributed by atoms with Crippen LogP contribution in [0.1, 0.15) is 50.8 Å². The SMILES string of the molecule is CCCOc1ccc(C2/C(=C(\O)c3cc(OCC)ccc3Cl)C(=O)C(=O)N2CCC)cc1. The van der Waals surface area contributed by atoms with Gasteiger partial charge in [0, 0.05) is 12.1 Å². The number of benzene rings is 2. The number of carbonyl (C=O) groups excluding carboxylic acids is 2. The van der Waals surface area contributed by atoms with E-state index < -0.39 is 17.7 Å². The van der Waals surface area contributed by atoms with Gasteiger partial charge in [0.2, 0.25) is 0 Å². The van der Waals surface area contributed by atoms with Gasteiger partial charge in [-0.05, 0) is 55.7 Å². The summed E-state index contributed by atoms with van der Waals surface area (Å²) < 4.78 is 11.2. The Balaban J connectivity index is 2.12. The van der Waals surface area contributed by atoms with Gasteiger partial charge in [0.1, 0.15) is 17.3 Å². The predicted octanol–water partition coefficient (Wildman–Crippen LogP) is 5.36. The minimum atomic E-state index is -0.731. The summed E-state index contributed by atoms with van der Waals surface area (Å²) in [4.78, 5) is 27.3. The summed E-state index contributed by atoms with van der Waals surface area (Å²) in [7, 11) is 0. The number of aliphatic hydroxyl groups excluding tert-OH is 1. The van der Waals surface area contributed by atoms with E-state index in [2.05, 4.69) is 0 Å². The van der Waals surface area contributed by atoms with Crippen LogP contribution in [0, 0.1) is 0 Å². The number of aliphatic hydroxyl groups is 1. The lowest BCUT2D eigenvalue weighted by atomic mass is 9.95. The molecule has 0 radical (unpaired) electrons. The molecule has 1 aliphatic rings. The van der Waals surface area contributed by atoms with Gasteiger partial charge in [0.15, 0.2) is 0 Å². The fourth-order valence-corrected chi connectivity index (χ4v) is 3.96. The van der Waals surface area contributed by atoms with Gasteiger partial charge < -0.3 is 19.5 Å². The molecule has 1 saturated heterocycles. The molecule has 1 unspecified atom stereocenters. The Morgan fingerprint density at radius 2 is 1.69 bits per heavy atom. The van der Waals surface area contributed by atoms with Crippen molar-refractivity contribution in [1.82, 2.24) is 4.90 Å². The number of hydrogen-bond donors (Lipinski definition) is 1. The fourth-order valence-electron chi connectivity index (χ4n) is 3.75. The number of hydrogen-bond acceptors (Lipinski definition) is 5. The van der Waals surface area contributed by atoms with Crippen molar-refractivity contribution in [1.29, 1.82) is 0 Å². The number of halogens is 1. The largest absolute Gasteiger partial charge is 0.507 e. The van der Waals surface area contributed by atoms with Crippen molar-refractivity contribution in [3.8, 4) is 11.5 Å². The topological polar surface area (TPSA) is 76.1 Å². The van der Waals surface area contributed by atoms with Crippen LogP contribution in [0.2, 0.25) is 5.02 Å². The van der Waals surface area contributed by atoms with Gasteiger partial charge in [-0.1, -0.05) is 37.6 Å². The van der Waals surface area contributed by atoms with Crippen LogP contribution in [0.25, 0.3) is 5.76 Å². The summed E-state index contributed by atoms with van der Waals surface area (Å²) >= 11 is 6.34. The van der Waals surface area contributed by atoms with Gasteiger partial charge in [0.25, 0.3) is 11.7 Å². The summed E-state index contributed by atoms with van der Waals surface area (Å²) in [6.45, 7) is 7.22. The highest BCUT2D eigenvalue weighted by molar-refractivity contribution is 6.47. The quantitative estimate of drug-likeness (QED) is 0.311. The first kappa shape index (κ1) is 23.7. The molecule has 0 saturated carbocycles. The van der Waals surface area contributed by atoms with E-state index in [1.54, 1.807) is 30.3 Å². The van der Waals surface area contributed by atoms with E-state index in [9.17, 15) is 14.7 Å². The molecular formula is C25H28ClNO5. The number of Topliss-reactive ketones (excluding diaryl/α,β-unsaturated/α-hetero) is 1. The average Bonchev–Trinajstić information content (AvgIpc) is 3.04. The second kappa shape index (κ2) is 10.6. The highest BCUT2D eigenvalue weighted by Crippen LogP contribution is 2.41. The van der Waals surface area contributed by atoms with Crippen molar-refractivity contribution in [2.75, 3.05) is 19.8 Å². The van der Waals surface area contributed by atoms with Gasteiger partial charge in [0.05, 0.1) is 29.9 Å². The Hall–Kier alpha value is -2.99.